The van der Waals surface area contributed by atoms with E-state index >= 15 is 0 Å². The molecule has 0 radical (unpaired) electrons. The summed E-state index contributed by atoms with van der Waals surface area (Å²) in [6.07, 6.45) is 6.81. The van der Waals surface area contributed by atoms with Crippen LogP contribution < -0.4 is 0 Å². The minimum atomic E-state index is -1.55. The smallest absolute Gasteiger partial charge is 0.188 e. The predicted octanol–water partition coefficient (Wildman–Crippen LogP) is 5.89. The third-order valence-electron chi connectivity index (χ3n) is 4.91. The van der Waals surface area contributed by atoms with E-state index in [0.717, 1.165) is 37.3 Å². The predicted molar refractivity (Wildman–Crippen MR) is 98.0 cm³/mol. The van der Waals surface area contributed by atoms with Crippen molar-refractivity contribution < 1.29 is 4.79 Å². The number of hydrogen-bond acceptors (Lipinski definition) is 1. The third-order valence-corrected chi connectivity index (χ3v) is 8.36. The number of hydrogen-bond donors (Lipinski definition) is 0. The van der Waals surface area contributed by atoms with E-state index in [1.165, 1.54) is 24.0 Å². The van der Waals surface area contributed by atoms with E-state index in [1.54, 1.807) is 5.20 Å². The van der Waals surface area contributed by atoms with E-state index in [9.17, 15) is 4.79 Å². The van der Waals surface area contributed by atoms with Crippen LogP contribution in [0.5, 0.6) is 0 Å². The molecule has 1 aliphatic heterocycles. The molecule has 0 fully saturated rings. The molecule has 2 rings (SSSR count). The fraction of sp³-hybridized carbons (Fsp3) is 0.550. The van der Waals surface area contributed by atoms with Crippen LogP contribution >= 0.6 is 0 Å². The van der Waals surface area contributed by atoms with Crippen molar-refractivity contribution in [3.63, 3.8) is 0 Å². The molecule has 0 amide bonds. The van der Waals surface area contributed by atoms with Gasteiger partial charge in [0.1, 0.15) is 0 Å². The van der Waals surface area contributed by atoms with E-state index in [0.29, 0.717) is 5.78 Å². The molecule has 1 heterocycles. The van der Waals surface area contributed by atoms with Gasteiger partial charge in [-0.3, -0.25) is 4.79 Å². The maximum Gasteiger partial charge on any atom is 0.188 e. The van der Waals surface area contributed by atoms with Crippen molar-refractivity contribution in [3.8, 4) is 0 Å². The van der Waals surface area contributed by atoms with Gasteiger partial charge in [0.05, 0.1) is 8.07 Å². The Bertz CT molecular complexity index is 569. The number of rotatable bonds is 6. The molecule has 0 saturated heterocycles. The highest BCUT2D eigenvalue weighted by Gasteiger charge is 2.35. The first-order chi connectivity index (χ1) is 10.5. The number of ketones is 1. The van der Waals surface area contributed by atoms with Crippen molar-refractivity contribution in [1.29, 1.82) is 0 Å². The average Bonchev–Trinajstić information content (AvgIpc) is 2.56. The monoisotopic (exact) mass is 314 g/mol. The summed E-state index contributed by atoms with van der Waals surface area (Å²) < 4.78 is 0. The summed E-state index contributed by atoms with van der Waals surface area (Å²) in [6, 6.07) is 9.42. The van der Waals surface area contributed by atoms with Crippen LogP contribution in [0.2, 0.25) is 13.1 Å². The molecule has 0 spiro atoms. The maximum absolute atomic E-state index is 13.2. The second-order valence-corrected chi connectivity index (χ2v) is 11.9. The zero-order valence-electron chi connectivity index (χ0n) is 14.7. The highest BCUT2D eigenvalue weighted by atomic mass is 28.3. The summed E-state index contributed by atoms with van der Waals surface area (Å²) in [5.74, 6) is 0.327. The Hall–Kier alpha value is -1.15. The molecular weight excluding hydrogens is 284 g/mol. The molecule has 0 N–H and O–H groups in total. The van der Waals surface area contributed by atoms with Gasteiger partial charge in [0.15, 0.2) is 5.78 Å². The number of benzene rings is 1. The molecule has 0 aliphatic carbocycles. The molecule has 1 nitrogen and oxygen atoms in total. The molecule has 0 bridgehead atoms. The van der Waals surface area contributed by atoms with Crippen LogP contribution in [0, 0.1) is 0 Å². The number of Topliss-reactive ketones (excluding diaryl/α,β-unsaturated/α-hetero) is 1. The zero-order chi connectivity index (χ0) is 16.2. The Morgan fingerprint density at radius 1 is 1.00 bits per heavy atom. The van der Waals surface area contributed by atoms with Crippen molar-refractivity contribution in [2.24, 2.45) is 0 Å². The Balaban J connectivity index is 2.53. The van der Waals surface area contributed by atoms with E-state index in [-0.39, 0.29) is 0 Å². The number of carbonyl (C=O) groups excluding carboxylic acids is 1. The summed E-state index contributed by atoms with van der Waals surface area (Å²) in [7, 11) is -1.55. The van der Waals surface area contributed by atoms with Gasteiger partial charge in [0.2, 0.25) is 0 Å². The van der Waals surface area contributed by atoms with E-state index in [2.05, 4.69) is 39.1 Å². The summed E-state index contributed by atoms with van der Waals surface area (Å²) in [4.78, 5) is 13.2. The average molecular weight is 315 g/mol. The second kappa shape index (κ2) is 7.41. The fourth-order valence-electron chi connectivity index (χ4n) is 3.65. The molecular formula is C20H30OSi. The quantitative estimate of drug-likeness (QED) is 0.598. The number of allylic oxidation sites excluding steroid dienone is 2. The third kappa shape index (κ3) is 3.60. The molecule has 1 aromatic rings. The van der Waals surface area contributed by atoms with Gasteiger partial charge < -0.3 is 0 Å². The Kier molecular flexibility index (Phi) is 5.79. The van der Waals surface area contributed by atoms with Gasteiger partial charge in [-0.25, -0.2) is 0 Å². The number of unbranched alkanes of at least 4 members (excludes halogenated alkanes) is 2. The second-order valence-electron chi connectivity index (χ2n) is 7.21. The van der Waals surface area contributed by atoms with Gasteiger partial charge in [-0.15, -0.1) is 0 Å². The molecule has 22 heavy (non-hydrogen) atoms. The minimum absolute atomic E-state index is 0.327. The number of fused-ring (bicyclic) bond motifs is 1. The van der Waals surface area contributed by atoms with Crippen molar-refractivity contribution >= 4 is 13.9 Å². The SMILES string of the molecule is CCCCC1=C(CCCC)[Si](C)(C)Cc2ccccc2C1=O. The summed E-state index contributed by atoms with van der Waals surface area (Å²) >= 11 is 0. The summed E-state index contributed by atoms with van der Waals surface area (Å²) in [5, 5.41) is 1.56. The molecule has 0 atom stereocenters. The van der Waals surface area contributed by atoms with Gasteiger partial charge in [-0.2, -0.15) is 0 Å². The van der Waals surface area contributed by atoms with E-state index < -0.39 is 8.07 Å². The molecule has 2 heteroatoms. The van der Waals surface area contributed by atoms with Crippen molar-refractivity contribution in [2.45, 2.75) is 71.5 Å². The van der Waals surface area contributed by atoms with E-state index in [4.69, 9.17) is 0 Å². The molecule has 0 aromatic heterocycles. The molecule has 120 valence electrons. The first-order valence-electron chi connectivity index (χ1n) is 8.86. The zero-order valence-corrected chi connectivity index (χ0v) is 15.7. The van der Waals surface area contributed by atoms with Crippen LogP contribution in [0.4, 0.5) is 0 Å². The molecule has 1 aliphatic rings. The van der Waals surface area contributed by atoms with Crippen LogP contribution in [0.25, 0.3) is 0 Å². The topological polar surface area (TPSA) is 17.1 Å². The highest BCUT2D eigenvalue weighted by molar-refractivity contribution is 6.84. The largest absolute Gasteiger partial charge is 0.289 e. The molecule has 1 aromatic carbocycles. The first-order valence-corrected chi connectivity index (χ1v) is 12.1. The Labute approximate surface area is 136 Å². The minimum Gasteiger partial charge on any atom is -0.289 e. The van der Waals surface area contributed by atoms with Gasteiger partial charge in [0, 0.05) is 5.56 Å². The summed E-state index contributed by atoms with van der Waals surface area (Å²) in [6.45, 7) is 9.37. The maximum atomic E-state index is 13.2. The van der Waals surface area contributed by atoms with Crippen LogP contribution in [0.1, 0.15) is 68.3 Å². The van der Waals surface area contributed by atoms with Crippen molar-refractivity contribution in [3.05, 3.63) is 46.2 Å². The van der Waals surface area contributed by atoms with Crippen LogP contribution in [-0.2, 0) is 6.04 Å². The normalized spacial score (nSPS) is 17.4. The standard InChI is InChI=1S/C20H30OSi/c1-5-7-12-18-19(14-8-6-2)22(3,4)15-16-11-9-10-13-17(16)20(18)21/h9-11,13H,5-8,12,14-15H2,1-4H3. The van der Waals surface area contributed by atoms with Crippen molar-refractivity contribution in [1.82, 2.24) is 0 Å². The van der Waals surface area contributed by atoms with Gasteiger partial charge >= 0.3 is 0 Å². The first kappa shape index (κ1) is 17.2. The Morgan fingerprint density at radius 2 is 1.64 bits per heavy atom. The highest BCUT2D eigenvalue weighted by Crippen LogP contribution is 2.35. The lowest BCUT2D eigenvalue weighted by Crippen LogP contribution is -2.33. The van der Waals surface area contributed by atoms with Crippen LogP contribution in [0.3, 0.4) is 0 Å². The van der Waals surface area contributed by atoms with E-state index in [1.807, 2.05) is 12.1 Å². The fourth-order valence-corrected chi connectivity index (χ4v) is 7.03. The van der Waals surface area contributed by atoms with Crippen LogP contribution in [0.15, 0.2) is 35.0 Å². The molecule has 0 saturated carbocycles. The summed E-state index contributed by atoms with van der Waals surface area (Å²) in [5.41, 5.74) is 3.43. The lowest BCUT2D eigenvalue weighted by atomic mass is 9.94. The molecule has 0 unspecified atom stereocenters. The van der Waals surface area contributed by atoms with Crippen LogP contribution in [-0.4, -0.2) is 13.9 Å². The lowest BCUT2D eigenvalue weighted by Gasteiger charge is -2.27. The van der Waals surface area contributed by atoms with Gasteiger partial charge in [0.25, 0.3) is 0 Å². The Morgan fingerprint density at radius 3 is 2.32 bits per heavy atom. The van der Waals surface area contributed by atoms with Gasteiger partial charge in [-0.05, 0) is 36.4 Å². The van der Waals surface area contributed by atoms with Crippen molar-refractivity contribution in [2.75, 3.05) is 0 Å². The lowest BCUT2D eigenvalue weighted by molar-refractivity contribution is 0.102. The number of carbonyl (C=O) groups is 1. The van der Waals surface area contributed by atoms with Gasteiger partial charge in [-0.1, -0.05) is 75.7 Å².